The zero-order valence-corrected chi connectivity index (χ0v) is 19.6. The molecule has 0 heterocycles. The van der Waals surface area contributed by atoms with Gasteiger partial charge in [0.1, 0.15) is 0 Å². The number of hydrogen-bond donors (Lipinski definition) is 2. The summed E-state index contributed by atoms with van der Waals surface area (Å²) in [4.78, 5) is 0. The van der Waals surface area contributed by atoms with Crippen molar-refractivity contribution >= 4 is 0 Å². The Kier molecular flexibility index (Phi) is 11.2. The van der Waals surface area contributed by atoms with Crippen LogP contribution in [0.5, 0.6) is 0 Å². The maximum Gasteiger partial charge on any atom is 0.0956 e. The second-order valence-corrected chi connectivity index (χ2v) is 9.04. The molecule has 4 nitrogen and oxygen atoms in total. The second kappa shape index (κ2) is 14.4. The molecule has 0 radical (unpaired) electrons. The summed E-state index contributed by atoms with van der Waals surface area (Å²) in [6.45, 7) is 4.29. The third-order valence-electron chi connectivity index (χ3n) is 6.38. The van der Waals surface area contributed by atoms with Crippen LogP contribution in [-0.2, 0) is 22.7 Å². The molecule has 1 aliphatic rings. The standard InChI is InChI=1S/C28H41NO3/c1-2-3-4-5-6-13-18-29-26-19-25(31-21-23-14-9-7-10-15-23)20-27(28(26)30)32-22-24-16-11-8-12-17-24/h7-12,14-17,25-30H,2-6,13,18-22H2,1H3/t25-,26+,27+,28-/m0/s1. The monoisotopic (exact) mass is 439 g/mol. The molecule has 0 unspecified atom stereocenters. The summed E-state index contributed by atoms with van der Waals surface area (Å²) >= 11 is 0. The Morgan fingerprint density at radius 2 is 1.38 bits per heavy atom. The first kappa shape index (κ1) is 24.9. The molecule has 1 saturated carbocycles. The lowest BCUT2D eigenvalue weighted by molar-refractivity contribution is -0.123. The fourth-order valence-electron chi connectivity index (χ4n) is 4.44. The maximum atomic E-state index is 11.0. The Labute approximate surface area is 194 Å². The van der Waals surface area contributed by atoms with E-state index in [2.05, 4.69) is 36.5 Å². The SMILES string of the molecule is CCCCCCCCN[C@@H]1C[C@H](OCc2ccccc2)C[C@@H](OCc2ccccc2)[C@H]1O. The van der Waals surface area contributed by atoms with E-state index < -0.39 is 6.10 Å². The van der Waals surface area contributed by atoms with Crippen molar-refractivity contribution in [1.82, 2.24) is 5.32 Å². The third kappa shape index (κ3) is 8.67. The smallest absolute Gasteiger partial charge is 0.0956 e. The lowest BCUT2D eigenvalue weighted by atomic mass is 9.87. The molecule has 2 N–H and O–H groups in total. The molecular weight excluding hydrogens is 398 g/mol. The van der Waals surface area contributed by atoms with Crippen molar-refractivity contribution in [1.29, 1.82) is 0 Å². The van der Waals surface area contributed by atoms with E-state index in [4.69, 9.17) is 9.47 Å². The van der Waals surface area contributed by atoms with Crippen molar-refractivity contribution in [2.75, 3.05) is 6.54 Å². The van der Waals surface area contributed by atoms with E-state index in [1.807, 2.05) is 36.4 Å². The fourth-order valence-corrected chi connectivity index (χ4v) is 4.44. The Hall–Kier alpha value is -1.72. The summed E-state index contributed by atoms with van der Waals surface area (Å²) in [7, 11) is 0. The van der Waals surface area contributed by atoms with Crippen LogP contribution in [0.25, 0.3) is 0 Å². The fraction of sp³-hybridized carbons (Fsp3) is 0.571. The van der Waals surface area contributed by atoms with Gasteiger partial charge in [0.05, 0.1) is 31.5 Å². The van der Waals surface area contributed by atoms with E-state index in [1.165, 1.54) is 37.7 Å². The molecule has 0 aliphatic heterocycles. The average molecular weight is 440 g/mol. The number of nitrogens with one attached hydrogen (secondary N) is 1. The van der Waals surface area contributed by atoms with Crippen LogP contribution >= 0.6 is 0 Å². The van der Waals surface area contributed by atoms with E-state index in [9.17, 15) is 5.11 Å². The van der Waals surface area contributed by atoms with Crippen molar-refractivity contribution in [3.63, 3.8) is 0 Å². The maximum absolute atomic E-state index is 11.0. The highest BCUT2D eigenvalue weighted by atomic mass is 16.5. The Bertz CT molecular complexity index is 724. The van der Waals surface area contributed by atoms with Crippen LogP contribution in [0.2, 0.25) is 0 Å². The van der Waals surface area contributed by atoms with Gasteiger partial charge in [0.15, 0.2) is 0 Å². The molecule has 0 spiro atoms. The van der Waals surface area contributed by atoms with Crippen LogP contribution < -0.4 is 5.32 Å². The van der Waals surface area contributed by atoms with Gasteiger partial charge in [0.2, 0.25) is 0 Å². The molecule has 0 amide bonds. The number of hydrogen-bond acceptors (Lipinski definition) is 4. The first-order valence-corrected chi connectivity index (χ1v) is 12.5. The van der Waals surface area contributed by atoms with Crippen molar-refractivity contribution in [2.45, 2.75) is 95.9 Å². The van der Waals surface area contributed by atoms with Crippen LogP contribution in [0.15, 0.2) is 60.7 Å². The van der Waals surface area contributed by atoms with E-state index in [-0.39, 0.29) is 18.2 Å². The summed E-state index contributed by atoms with van der Waals surface area (Å²) in [5.41, 5.74) is 2.31. The summed E-state index contributed by atoms with van der Waals surface area (Å²) in [5.74, 6) is 0. The van der Waals surface area contributed by atoms with Crippen LogP contribution in [0, 0.1) is 0 Å². The molecular formula is C28H41NO3. The largest absolute Gasteiger partial charge is 0.389 e. The number of aliphatic hydroxyl groups is 1. The molecule has 1 fully saturated rings. The van der Waals surface area contributed by atoms with Gasteiger partial charge in [-0.25, -0.2) is 0 Å². The first-order chi connectivity index (χ1) is 15.8. The van der Waals surface area contributed by atoms with Gasteiger partial charge in [0, 0.05) is 12.5 Å². The lowest BCUT2D eigenvalue weighted by Gasteiger charge is -2.39. The van der Waals surface area contributed by atoms with Gasteiger partial charge in [-0.05, 0) is 30.5 Å². The normalized spacial score (nSPS) is 23.3. The van der Waals surface area contributed by atoms with E-state index in [0.29, 0.717) is 13.2 Å². The van der Waals surface area contributed by atoms with Gasteiger partial charge in [0.25, 0.3) is 0 Å². The molecule has 0 saturated heterocycles. The van der Waals surface area contributed by atoms with Gasteiger partial charge in [-0.3, -0.25) is 0 Å². The zero-order valence-electron chi connectivity index (χ0n) is 19.6. The average Bonchev–Trinajstić information content (AvgIpc) is 2.84. The minimum absolute atomic E-state index is 0.000869. The molecule has 3 rings (SSSR count). The topological polar surface area (TPSA) is 50.7 Å². The third-order valence-corrected chi connectivity index (χ3v) is 6.38. The van der Waals surface area contributed by atoms with Crippen molar-refractivity contribution in [3.8, 4) is 0 Å². The van der Waals surface area contributed by atoms with Crippen molar-refractivity contribution in [2.24, 2.45) is 0 Å². The zero-order chi connectivity index (χ0) is 22.4. The molecule has 0 bridgehead atoms. The van der Waals surface area contributed by atoms with Crippen molar-refractivity contribution < 1.29 is 14.6 Å². The predicted molar refractivity (Wildman–Crippen MR) is 130 cm³/mol. The highest BCUT2D eigenvalue weighted by molar-refractivity contribution is 5.14. The van der Waals surface area contributed by atoms with Crippen LogP contribution in [0.1, 0.15) is 69.4 Å². The molecule has 32 heavy (non-hydrogen) atoms. The number of ether oxygens (including phenoxy) is 2. The highest BCUT2D eigenvalue weighted by Gasteiger charge is 2.37. The summed E-state index contributed by atoms with van der Waals surface area (Å²) < 4.78 is 12.5. The van der Waals surface area contributed by atoms with Gasteiger partial charge in [-0.2, -0.15) is 0 Å². The Balaban J connectivity index is 1.51. The summed E-state index contributed by atoms with van der Waals surface area (Å²) in [6.07, 6.45) is 8.49. The molecule has 2 aromatic carbocycles. The van der Waals surface area contributed by atoms with Gasteiger partial charge < -0.3 is 19.9 Å². The van der Waals surface area contributed by atoms with Crippen LogP contribution in [-0.4, -0.2) is 36.0 Å². The highest BCUT2D eigenvalue weighted by Crippen LogP contribution is 2.26. The number of benzene rings is 2. The van der Waals surface area contributed by atoms with Gasteiger partial charge in [-0.1, -0.05) is 99.7 Å². The molecule has 4 atom stereocenters. The lowest BCUT2D eigenvalue weighted by Crippen LogP contribution is -2.54. The summed E-state index contributed by atoms with van der Waals surface area (Å²) in [5, 5.41) is 14.6. The molecule has 2 aromatic rings. The number of aliphatic hydroxyl groups excluding tert-OH is 1. The second-order valence-electron chi connectivity index (χ2n) is 9.04. The van der Waals surface area contributed by atoms with E-state index in [1.54, 1.807) is 0 Å². The number of unbranched alkanes of at least 4 members (excludes halogenated alkanes) is 5. The molecule has 4 heteroatoms. The first-order valence-electron chi connectivity index (χ1n) is 12.5. The Morgan fingerprint density at radius 3 is 2.03 bits per heavy atom. The van der Waals surface area contributed by atoms with Crippen LogP contribution in [0.3, 0.4) is 0 Å². The number of rotatable bonds is 14. The summed E-state index contributed by atoms with van der Waals surface area (Å²) in [6, 6.07) is 20.5. The quantitative estimate of drug-likeness (QED) is 0.375. The minimum Gasteiger partial charge on any atom is -0.389 e. The molecule has 0 aromatic heterocycles. The Morgan fingerprint density at radius 1 is 0.781 bits per heavy atom. The minimum atomic E-state index is -0.518. The van der Waals surface area contributed by atoms with Gasteiger partial charge in [-0.15, -0.1) is 0 Å². The van der Waals surface area contributed by atoms with Gasteiger partial charge >= 0.3 is 0 Å². The molecule has 1 aliphatic carbocycles. The van der Waals surface area contributed by atoms with E-state index in [0.717, 1.165) is 31.4 Å². The molecule has 176 valence electrons. The van der Waals surface area contributed by atoms with E-state index >= 15 is 0 Å². The predicted octanol–water partition coefficient (Wildman–Crippen LogP) is 5.63. The van der Waals surface area contributed by atoms with Crippen LogP contribution in [0.4, 0.5) is 0 Å². The van der Waals surface area contributed by atoms with Crippen molar-refractivity contribution in [3.05, 3.63) is 71.8 Å².